The second kappa shape index (κ2) is 6.02. The number of hydrogen-bond acceptors (Lipinski definition) is 5. The Morgan fingerprint density at radius 1 is 1.36 bits per heavy atom. The first-order valence-corrected chi connectivity index (χ1v) is 6.60. The molecule has 0 fully saturated rings. The van der Waals surface area contributed by atoms with Crippen LogP contribution in [0.3, 0.4) is 0 Å². The molecule has 0 aromatic carbocycles. The van der Waals surface area contributed by atoms with Gasteiger partial charge in [-0.1, -0.05) is 0 Å². The third-order valence-electron chi connectivity index (χ3n) is 3.47. The first-order valence-electron chi connectivity index (χ1n) is 6.60. The Hall–Kier alpha value is -2.61. The number of aromatic nitrogens is 2. The zero-order chi connectivity index (χ0) is 16.4. The Kier molecular flexibility index (Phi) is 4.32. The topological polar surface area (TPSA) is 110 Å². The number of hydrogen-bond donors (Lipinski definition) is 2. The Labute approximate surface area is 124 Å². The van der Waals surface area contributed by atoms with Crippen molar-refractivity contribution in [1.82, 2.24) is 8.97 Å². The molecule has 0 saturated carbocycles. The van der Waals surface area contributed by atoms with E-state index >= 15 is 0 Å². The Morgan fingerprint density at radius 3 is 2.59 bits per heavy atom. The number of methoxy groups -OCH3 is 1. The highest BCUT2D eigenvalue weighted by Gasteiger charge is 2.20. The molecule has 0 amide bonds. The minimum Gasteiger partial charge on any atom is -0.491 e. The number of carbonyl (C=O) groups is 1. The fourth-order valence-corrected chi connectivity index (χ4v) is 2.28. The number of aromatic carboxylic acids is 1. The van der Waals surface area contributed by atoms with Crippen LogP contribution in [0.25, 0.3) is 5.52 Å². The molecule has 2 rings (SSSR count). The number of ether oxygens (including phenoxy) is 1. The van der Waals surface area contributed by atoms with Crippen LogP contribution in [0.15, 0.2) is 28.2 Å². The second-order valence-electron chi connectivity index (χ2n) is 4.84. The van der Waals surface area contributed by atoms with Crippen LogP contribution in [-0.2, 0) is 0 Å². The Bertz CT molecular complexity index is 836. The van der Waals surface area contributed by atoms with E-state index < -0.39 is 22.5 Å². The maximum Gasteiger partial charge on any atom is 0.341 e. The lowest BCUT2D eigenvalue weighted by molar-refractivity contribution is 0.0694. The van der Waals surface area contributed by atoms with Crippen LogP contribution in [0.1, 0.15) is 29.7 Å². The molecule has 8 nitrogen and oxygen atoms in total. The van der Waals surface area contributed by atoms with Crippen molar-refractivity contribution in [3.8, 4) is 5.75 Å². The summed E-state index contributed by atoms with van der Waals surface area (Å²) in [4.78, 5) is 35.8. The molecule has 118 valence electrons. The van der Waals surface area contributed by atoms with Gasteiger partial charge in [-0.2, -0.15) is 0 Å². The number of pyridine rings is 1. The quantitative estimate of drug-likeness (QED) is 0.811. The molecule has 0 saturated heterocycles. The molecule has 22 heavy (non-hydrogen) atoms. The Balaban J connectivity index is 2.85. The van der Waals surface area contributed by atoms with Crippen LogP contribution in [0.2, 0.25) is 0 Å². The van der Waals surface area contributed by atoms with E-state index in [4.69, 9.17) is 14.9 Å². The third kappa shape index (κ3) is 2.48. The first kappa shape index (κ1) is 15.8. The fraction of sp³-hybridized carbons (Fsp3) is 0.357. The highest BCUT2D eigenvalue weighted by Crippen LogP contribution is 2.14. The molecule has 2 heterocycles. The highest BCUT2D eigenvalue weighted by atomic mass is 16.5. The zero-order valence-corrected chi connectivity index (χ0v) is 12.1. The normalized spacial score (nSPS) is 12.3. The molecule has 8 heteroatoms. The number of rotatable bonds is 5. The average Bonchev–Trinajstić information content (AvgIpc) is 2.47. The number of nitrogens with zero attached hydrogens (tertiary/aromatic N) is 2. The summed E-state index contributed by atoms with van der Waals surface area (Å²) in [5.74, 6) is -1.70. The maximum atomic E-state index is 12.6. The highest BCUT2D eigenvalue weighted by molar-refractivity contribution is 5.88. The van der Waals surface area contributed by atoms with Gasteiger partial charge >= 0.3 is 5.97 Å². The smallest absolute Gasteiger partial charge is 0.341 e. The van der Waals surface area contributed by atoms with Crippen LogP contribution >= 0.6 is 0 Å². The Morgan fingerprint density at radius 2 is 2.05 bits per heavy atom. The summed E-state index contributed by atoms with van der Waals surface area (Å²) in [6, 6.07) is -0.276. The molecule has 0 unspecified atom stereocenters. The standard InChI is InChI=1S/C14H16N2O6/c1-8(3-6-17)16-5-4-15-7-9(14(20)21)11(18)12(22-2)10(15)13(16)19/h4-5,7-8,17H,3,6H2,1-2H3,(H,20,21)/t8-/m0/s1. The van der Waals surface area contributed by atoms with Gasteiger partial charge in [-0.15, -0.1) is 0 Å². The van der Waals surface area contributed by atoms with Crippen molar-refractivity contribution in [2.75, 3.05) is 13.7 Å². The van der Waals surface area contributed by atoms with Crippen molar-refractivity contribution in [2.45, 2.75) is 19.4 Å². The summed E-state index contributed by atoms with van der Waals surface area (Å²) in [6.07, 6.45) is 4.41. The van der Waals surface area contributed by atoms with E-state index in [-0.39, 0.29) is 23.9 Å². The average molecular weight is 308 g/mol. The van der Waals surface area contributed by atoms with Gasteiger partial charge < -0.3 is 23.9 Å². The molecular formula is C14H16N2O6. The fourth-order valence-electron chi connectivity index (χ4n) is 2.28. The molecule has 0 aliphatic rings. The van der Waals surface area contributed by atoms with E-state index in [1.54, 1.807) is 6.92 Å². The number of aliphatic hydroxyl groups is 1. The summed E-state index contributed by atoms with van der Waals surface area (Å²) in [6.45, 7) is 1.67. The largest absolute Gasteiger partial charge is 0.491 e. The van der Waals surface area contributed by atoms with Gasteiger partial charge in [0.2, 0.25) is 5.43 Å². The number of fused-ring (bicyclic) bond motifs is 1. The van der Waals surface area contributed by atoms with Gasteiger partial charge in [0, 0.05) is 31.2 Å². The number of carboxylic acid groups (broad SMARTS) is 1. The molecule has 2 N–H and O–H groups in total. The lowest BCUT2D eigenvalue weighted by Gasteiger charge is -2.16. The summed E-state index contributed by atoms with van der Waals surface area (Å²) < 4.78 is 7.59. The van der Waals surface area contributed by atoms with Gasteiger partial charge in [0.25, 0.3) is 5.56 Å². The van der Waals surface area contributed by atoms with Gasteiger partial charge in [0.05, 0.1) is 7.11 Å². The minimum atomic E-state index is -1.39. The van der Waals surface area contributed by atoms with Gasteiger partial charge in [0.1, 0.15) is 5.56 Å². The van der Waals surface area contributed by atoms with Crippen molar-refractivity contribution in [2.24, 2.45) is 0 Å². The predicted octanol–water partition coefficient (Wildman–Crippen LogP) is 0.111. The SMILES string of the molecule is COc1c(=O)c(C(=O)O)cn2ccn([C@@H](C)CCO)c(=O)c12. The lowest BCUT2D eigenvalue weighted by Crippen LogP contribution is -2.29. The monoisotopic (exact) mass is 308 g/mol. The van der Waals surface area contributed by atoms with E-state index in [2.05, 4.69) is 0 Å². The molecule has 0 radical (unpaired) electrons. The molecule has 2 aromatic heterocycles. The van der Waals surface area contributed by atoms with E-state index in [0.29, 0.717) is 6.42 Å². The molecule has 0 aliphatic carbocycles. The van der Waals surface area contributed by atoms with Gasteiger partial charge in [-0.3, -0.25) is 9.59 Å². The van der Waals surface area contributed by atoms with Crippen LogP contribution in [-0.4, -0.2) is 38.9 Å². The van der Waals surface area contributed by atoms with E-state index in [1.165, 1.54) is 28.5 Å². The van der Waals surface area contributed by atoms with Gasteiger partial charge in [-0.05, 0) is 13.3 Å². The van der Waals surface area contributed by atoms with Crippen LogP contribution in [0, 0.1) is 0 Å². The van der Waals surface area contributed by atoms with E-state index in [0.717, 1.165) is 6.20 Å². The molecule has 2 aromatic rings. The van der Waals surface area contributed by atoms with Crippen molar-refractivity contribution in [3.05, 3.63) is 44.7 Å². The zero-order valence-electron chi connectivity index (χ0n) is 12.1. The molecular weight excluding hydrogens is 292 g/mol. The van der Waals surface area contributed by atoms with Crippen molar-refractivity contribution in [3.63, 3.8) is 0 Å². The van der Waals surface area contributed by atoms with Crippen molar-refractivity contribution < 1.29 is 19.7 Å². The lowest BCUT2D eigenvalue weighted by atomic mass is 10.2. The van der Waals surface area contributed by atoms with E-state index in [1.807, 2.05) is 0 Å². The predicted molar refractivity (Wildman–Crippen MR) is 77.9 cm³/mol. The second-order valence-corrected chi connectivity index (χ2v) is 4.84. The molecule has 0 aliphatic heterocycles. The van der Waals surface area contributed by atoms with Crippen LogP contribution in [0.4, 0.5) is 0 Å². The van der Waals surface area contributed by atoms with Crippen molar-refractivity contribution in [1.29, 1.82) is 0 Å². The van der Waals surface area contributed by atoms with E-state index in [9.17, 15) is 14.4 Å². The van der Waals surface area contributed by atoms with Crippen LogP contribution in [0.5, 0.6) is 5.75 Å². The summed E-state index contributed by atoms with van der Waals surface area (Å²) in [7, 11) is 1.20. The minimum absolute atomic E-state index is 0.0372. The molecule has 0 spiro atoms. The molecule has 1 atom stereocenters. The van der Waals surface area contributed by atoms with Gasteiger partial charge in [0.15, 0.2) is 11.3 Å². The number of aliphatic hydroxyl groups excluding tert-OH is 1. The molecule has 0 bridgehead atoms. The first-order chi connectivity index (χ1) is 10.4. The summed E-state index contributed by atoms with van der Waals surface area (Å²) in [5, 5.41) is 18.0. The summed E-state index contributed by atoms with van der Waals surface area (Å²) >= 11 is 0. The number of carboxylic acids is 1. The maximum absolute atomic E-state index is 12.6. The van der Waals surface area contributed by atoms with Gasteiger partial charge in [-0.25, -0.2) is 4.79 Å². The summed E-state index contributed by atoms with van der Waals surface area (Å²) in [5.41, 5.74) is -1.85. The van der Waals surface area contributed by atoms with Crippen molar-refractivity contribution >= 4 is 11.5 Å². The third-order valence-corrected chi connectivity index (χ3v) is 3.47. The van der Waals surface area contributed by atoms with Crippen LogP contribution < -0.4 is 15.7 Å².